The van der Waals surface area contributed by atoms with Gasteiger partial charge >= 0.3 is 0 Å². The van der Waals surface area contributed by atoms with Gasteiger partial charge in [0, 0.05) is 7.05 Å². The first-order chi connectivity index (χ1) is 11.0. The van der Waals surface area contributed by atoms with E-state index in [-0.39, 0.29) is 24.1 Å². The van der Waals surface area contributed by atoms with Crippen molar-refractivity contribution in [3.05, 3.63) is 59.4 Å². The molecule has 2 aromatic carbocycles. The average Bonchev–Trinajstić information content (AvgIpc) is 2.56. The van der Waals surface area contributed by atoms with Gasteiger partial charge in [-0.2, -0.15) is 0 Å². The second-order valence-corrected chi connectivity index (χ2v) is 4.84. The highest BCUT2D eigenvalue weighted by Crippen LogP contribution is 2.22. The average molecular weight is 316 g/mol. The van der Waals surface area contributed by atoms with Crippen molar-refractivity contribution in [3.63, 3.8) is 0 Å². The largest absolute Gasteiger partial charge is 0.497 e. The highest BCUT2D eigenvalue weighted by molar-refractivity contribution is 6.04. The molecule has 0 aliphatic carbocycles. The number of hydrogen-bond acceptors (Lipinski definition) is 3. The Hall–Kier alpha value is -2.89. The van der Waals surface area contributed by atoms with Crippen molar-refractivity contribution in [2.24, 2.45) is 0 Å². The van der Waals surface area contributed by atoms with Crippen LogP contribution < -0.4 is 15.4 Å². The first-order valence-corrected chi connectivity index (χ1v) is 6.98. The van der Waals surface area contributed by atoms with Crippen LogP contribution in [0.4, 0.5) is 10.1 Å². The summed E-state index contributed by atoms with van der Waals surface area (Å²) in [5, 5.41) is 5.21. The monoisotopic (exact) mass is 316 g/mol. The van der Waals surface area contributed by atoms with Gasteiger partial charge in [-0.3, -0.25) is 9.59 Å². The Labute approximate surface area is 133 Å². The first-order valence-electron chi connectivity index (χ1n) is 6.98. The molecule has 6 heteroatoms. The Morgan fingerprint density at radius 2 is 1.83 bits per heavy atom. The smallest absolute Gasteiger partial charge is 0.253 e. The van der Waals surface area contributed by atoms with Crippen molar-refractivity contribution in [2.75, 3.05) is 19.5 Å². The van der Waals surface area contributed by atoms with Crippen LogP contribution in [0.3, 0.4) is 0 Å². The number of carbonyl (C=O) groups excluding carboxylic acids is 2. The lowest BCUT2D eigenvalue weighted by molar-refractivity contribution is -0.115. The molecule has 0 aliphatic heterocycles. The van der Waals surface area contributed by atoms with Gasteiger partial charge in [0.25, 0.3) is 5.91 Å². The van der Waals surface area contributed by atoms with Crippen LogP contribution in [0.15, 0.2) is 42.5 Å². The SMILES string of the molecule is CNC(=O)c1cc(OC)ccc1NC(=O)Cc1ccc(F)cc1. The summed E-state index contributed by atoms with van der Waals surface area (Å²) >= 11 is 0. The Kier molecular flexibility index (Phi) is 5.30. The zero-order chi connectivity index (χ0) is 16.8. The van der Waals surface area contributed by atoms with Gasteiger partial charge in [-0.25, -0.2) is 4.39 Å². The van der Waals surface area contributed by atoms with Crippen molar-refractivity contribution in [1.29, 1.82) is 0 Å². The van der Waals surface area contributed by atoms with Crippen LogP contribution in [0, 0.1) is 5.82 Å². The summed E-state index contributed by atoms with van der Waals surface area (Å²) in [7, 11) is 3.00. The predicted molar refractivity (Wildman–Crippen MR) is 85.1 cm³/mol. The molecule has 0 saturated carbocycles. The second-order valence-electron chi connectivity index (χ2n) is 4.84. The number of methoxy groups -OCH3 is 1. The number of ether oxygens (including phenoxy) is 1. The van der Waals surface area contributed by atoms with E-state index in [2.05, 4.69) is 10.6 Å². The van der Waals surface area contributed by atoms with E-state index in [0.29, 0.717) is 22.6 Å². The van der Waals surface area contributed by atoms with Gasteiger partial charge < -0.3 is 15.4 Å². The molecule has 0 radical (unpaired) electrons. The highest BCUT2D eigenvalue weighted by Gasteiger charge is 2.14. The minimum atomic E-state index is -0.355. The van der Waals surface area contributed by atoms with E-state index in [1.54, 1.807) is 30.3 Å². The predicted octanol–water partition coefficient (Wildman–Crippen LogP) is 2.38. The first kappa shape index (κ1) is 16.5. The number of carbonyl (C=O) groups is 2. The number of benzene rings is 2. The molecule has 0 saturated heterocycles. The molecule has 0 spiro atoms. The summed E-state index contributed by atoms with van der Waals surface area (Å²) in [6.45, 7) is 0. The lowest BCUT2D eigenvalue weighted by atomic mass is 10.1. The number of nitrogens with one attached hydrogen (secondary N) is 2. The van der Waals surface area contributed by atoms with Crippen molar-refractivity contribution >= 4 is 17.5 Å². The quantitative estimate of drug-likeness (QED) is 0.890. The van der Waals surface area contributed by atoms with Crippen LogP contribution in [0.25, 0.3) is 0 Å². The molecular weight excluding hydrogens is 299 g/mol. The number of rotatable bonds is 5. The van der Waals surface area contributed by atoms with Crippen molar-refractivity contribution in [1.82, 2.24) is 5.32 Å². The van der Waals surface area contributed by atoms with Gasteiger partial charge in [0.15, 0.2) is 0 Å². The fourth-order valence-electron chi connectivity index (χ4n) is 2.06. The summed E-state index contributed by atoms with van der Waals surface area (Å²) < 4.78 is 18.0. The highest BCUT2D eigenvalue weighted by atomic mass is 19.1. The van der Waals surface area contributed by atoms with E-state index in [4.69, 9.17) is 4.74 Å². The topological polar surface area (TPSA) is 67.4 Å². The number of anilines is 1. The Balaban J connectivity index is 2.16. The molecule has 0 unspecified atom stereocenters. The number of amides is 2. The summed E-state index contributed by atoms with van der Waals surface area (Å²) in [6.07, 6.45) is 0.0828. The molecule has 0 bridgehead atoms. The standard InChI is InChI=1S/C17H17FN2O3/c1-19-17(22)14-10-13(23-2)7-8-15(14)20-16(21)9-11-3-5-12(18)6-4-11/h3-8,10H,9H2,1-2H3,(H,19,22)(H,20,21). The molecule has 120 valence electrons. The van der Waals surface area contributed by atoms with Crippen molar-refractivity contribution < 1.29 is 18.7 Å². The molecule has 2 aromatic rings. The lowest BCUT2D eigenvalue weighted by Gasteiger charge is -2.12. The maximum absolute atomic E-state index is 12.9. The number of hydrogen-bond donors (Lipinski definition) is 2. The van der Waals surface area contributed by atoms with E-state index in [1.807, 2.05) is 0 Å². The molecule has 2 amide bonds. The van der Waals surface area contributed by atoms with Crippen LogP contribution in [0.2, 0.25) is 0 Å². The van der Waals surface area contributed by atoms with Crippen molar-refractivity contribution in [2.45, 2.75) is 6.42 Å². The molecule has 0 heterocycles. The summed E-state index contributed by atoms with van der Waals surface area (Å²) in [5.41, 5.74) is 1.37. The Morgan fingerprint density at radius 1 is 1.13 bits per heavy atom. The fourth-order valence-corrected chi connectivity index (χ4v) is 2.06. The number of halogens is 1. The van der Waals surface area contributed by atoms with Crippen LogP contribution in [-0.2, 0) is 11.2 Å². The maximum Gasteiger partial charge on any atom is 0.253 e. The van der Waals surface area contributed by atoms with E-state index in [1.165, 1.54) is 26.3 Å². The third kappa shape index (κ3) is 4.29. The van der Waals surface area contributed by atoms with E-state index in [9.17, 15) is 14.0 Å². The zero-order valence-electron chi connectivity index (χ0n) is 12.9. The molecule has 2 rings (SSSR count). The molecule has 23 heavy (non-hydrogen) atoms. The lowest BCUT2D eigenvalue weighted by Crippen LogP contribution is -2.22. The van der Waals surface area contributed by atoms with Gasteiger partial charge in [0.1, 0.15) is 11.6 Å². The third-order valence-corrected chi connectivity index (χ3v) is 3.25. The minimum Gasteiger partial charge on any atom is -0.497 e. The zero-order valence-corrected chi connectivity index (χ0v) is 12.9. The molecule has 0 aliphatic rings. The van der Waals surface area contributed by atoms with Gasteiger partial charge in [0.2, 0.25) is 5.91 Å². The van der Waals surface area contributed by atoms with Crippen LogP contribution in [0.1, 0.15) is 15.9 Å². The Morgan fingerprint density at radius 3 is 2.43 bits per heavy atom. The minimum absolute atomic E-state index is 0.0828. The molecule has 2 N–H and O–H groups in total. The third-order valence-electron chi connectivity index (χ3n) is 3.25. The molecular formula is C17H17FN2O3. The maximum atomic E-state index is 12.9. The molecule has 5 nitrogen and oxygen atoms in total. The second kappa shape index (κ2) is 7.40. The van der Waals surface area contributed by atoms with E-state index < -0.39 is 0 Å². The van der Waals surface area contributed by atoms with Gasteiger partial charge in [0.05, 0.1) is 24.8 Å². The summed E-state index contributed by atoms with van der Waals surface area (Å²) in [6, 6.07) is 10.5. The van der Waals surface area contributed by atoms with E-state index >= 15 is 0 Å². The van der Waals surface area contributed by atoms with Gasteiger partial charge in [-0.1, -0.05) is 12.1 Å². The van der Waals surface area contributed by atoms with Gasteiger partial charge in [-0.05, 0) is 35.9 Å². The van der Waals surface area contributed by atoms with Crippen LogP contribution in [-0.4, -0.2) is 26.0 Å². The normalized spacial score (nSPS) is 10.0. The molecule has 0 fully saturated rings. The van der Waals surface area contributed by atoms with E-state index in [0.717, 1.165) is 0 Å². The molecule has 0 atom stereocenters. The fraction of sp³-hybridized carbons (Fsp3) is 0.176. The van der Waals surface area contributed by atoms with Crippen LogP contribution in [0.5, 0.6) is 5.75 Å². The summed E-state index contributed by atoms with van der Waals surface area (Å²) in [4.78, 5) is 24.0. The molecule has 0 aromatic heterocycles. The Bertz CT molecular complexity index is 714. The van der Waals surface area contributed by atoms with Gasteiger partial charge in [-0.15, -0.1) is 0 Å². The summed E-state index contributed by atoms with van der Waals surface area (Å²) in [5.74, 6) is -0.473. The van der Waals surface area contributed by atoms with Crippen molar-refractivity contribution in [3.8, 4) is 5.75 Å². The van der Waals surface area contributed by atoms with Crippen LogP contribution >= 0.6 is 0 Å².